The van der Waals surface area contributed by atoms with Crippen molar-refractivity contribution in [2.24, 2.45) is 0 Å². The van der Waals surface area contributed by atoms with Gasteiger partial charge >= 0.3 is 0 Å². The number of nitrogens with one attached hydrogen (secondary N) is 3. The van der Waals surface area contributed by atoms with Crippen molar-refractivity contribution in [2.45, 2.75) is 6.04 Å². The first-order valence-electron chi connectivity index (χ1n) is 6.81. The summed E-state index contributed by atoms with van der Waals surface area (Å²) in [5.41, 5.74) is 1.25. The minimum absolute atomic E-state index is 0.164. The van der Waals surface area contributed by atoms with E-state index in [0.717, 1.165) is 11.8 Å². The second-order valence-corrected chi connectivity index (χ2v) is 6.73. The summed E-state index contributed by atoms with van der Waals surface area (Å²) in [6.07, 6.45) is 0. The molecule has 1 saturated heterocycles. The van der Waals surface area contributed by atoms with Crippen LogP contribution in [0, 0.1) is 0 Å². The molecule has 8 heteroatoms. The summed E-state index contributed by atoms with van der Waals surface area (Å²) in [6.45, 7) is 0. The molecule has 3 rings (SSSR count). The van der Waals surface area contributed by atoms with Crippen LogP contribution in [0.15, 0.2) is 41.8 Å². The molecular formula is C15H13N3O3S2. The van der Waals surface area contributed by atoms with Crippen molar-refractivity contribution in [1.82, 2.24) is 5.32 Å². The van der Waals surface area contributed by atoms with E-state index >= 15 is 0 Å². The Morgan fingerprint density at radius 3 is 2.35 bits per heavy atom. The van der Waals surface area contributed by atoms with Crippen molar-refractivity contribution >= 4 is 51.5 Å². The zero-order valence-corrected chi connectivity index (χ0v) is 13.5. The normalized spacial score (nSPS) is 16.7. The van der Waals surface area contributed by atoms with Gasteiger partial charge in [-0.05, 0) is 35.7 Å². The van der Waals surface area contributed by atoms with Gasteiger partial charge in [-0.3, -0.25) is 14.4 Å². The molecule has 1 unspecified atom stereocenters. The molecule has 0 bridgehead atoms. The lowest BCUT2D eigenvalue weighted by Gasteiger charge is -2.11. The third-order valence-electron chi connectivity index (χ3n) is 3.14. The average molecular weight is 347 g/mol. The zero-order valence-electron chi connectivity index (χ0n) is 11.9. The van der Waals surface area contributed by atoms with E-state index < -0.39 is 6.04 Å². The molecule has 1 aliphatic heterocycles. The number of rotatable bonds is 4. The van der Waals surface area contributed by atoms with Crippen LogP contribution in [0.3, 0.4) is 0 Å². The van der Waals surface area contributed by atoms with Crippen LogP contribution in [0.1, 0.15) is 9.67 Å². The molecule has 1 aliphatic rings. The lowest BCUT2D eigenvalue weighted by atomic mass is 10.2. The number of thiophene rings is 1. The maximum Gasteiger partial charge on any atom is 0.279 e. The zero-order chi connectivity index (χ0) is 16.2. The van der Waals surface area contributed by atoms with Crippen LogP contribution in [0.25, 0.3) is 0 Å². The summed E-state index contributed by atoms with van der Waals surface area (Å²) in [7, 11) is 0. The summed E-state index contributed by atoms with van der Waals surface area (Å²) < 4.78 is 0. The Hall–Kier alpha value is -2.32. The highest BCUT2D eigenvalue weighted by Crippen LogP contribution is 2.18. The van der Waals surface area contributed by atoms with Crippen LogP contribution < -0.4 is 16.0 Å². The number of carbonyl (C=O) groups is 3. The van der Waals surface area contributed by atoms with Crippen molar-refractivity contribution in [3.05, 3.63) is 46.7 Å². The Labute approximate surface area is 140 Å². The third kappa shape index (κ3) is 3.91. The SMILES string of the molecule is O=C1NC(C(=O)Nc2ccc(NC(=O)c3cccs3)cc2)CS1. The predicted molar refractivity (Wildman–Crippen MR) is 92.1 cm³/mol. The first kappa shape index (κ1) is 15.6. The van der Waals surface area contributed by atoms with E-state index in [1.807, 2.05) is 11.4 Å². The van der Waals surface area contributed by atoms with Crippen molar-refractivity contribution in [2.75, 3.05) is 16.4 Å². The number of thioether (sulfide) groups is 1. The highest BCUT2D eigenvalue weighted by atomic mass is 32.2. The maximum absolute atomic E-state index is 12.0. The summed E-state index contributed by atoms with van der Waals surface area (Å²) in [5, 5.41) is 9.76. The van der Waals surface area contributed by atoms with Gasteiger partial charge in [-0.2, -0.15) is 0 Å². The molecule has 2 aromatic rings. The average Bonchev–Trinajstić information content (AvgIpc) is 3.20. The molecule has 2 heterocycles. The van der Waals surface area contributed by atoms with E-state index in [1.165, 1.54) is 11.3 Å². The molecule has 1 fully saturated rings. The number of hydrogen-bond donors (Lipinski definition) is 3. The number of benzene rings is 1. The smallest absolute Gasteiger partial charge is 0.279 e. The first-order chi connectivity index (χ1) is 11.1. The first-order valence-corrected chi connectivity index (χ1v) is 8.67. The lowest BCUT2D eigenvalue weighted by molar-refractivity contribution is -0.117. The van der Waals surface area contributed by atoms with Crippen LogP contribution in [0.5, 0.6) is 0 Å². The topological polar surface area (TPSA) is 87.3 Å². The molecule has 1 aromatic carbocycles. The van der Waals surface area contributed by atoms with Crippen LogP contribution in [0.2, 0.25) is 0 Å². The van der Waals surface area contributed by atoms with E-state index in [-0.39, 0.29) is 17.1 Å². The Balaban J connectivity index is 1.57. The molecule has 1 aromatic heterocycles. The van der Waals surface area contributed by atoms with Gasteiger partial charge in [0.1, 0.15) is 6.04 Å². The summed E-state index contributed by atoms with van der Waals surface area (Å²) in [4.78, 5) is 35.6. The van der Waals surface area contributed by atoms with E-state index in [2.05, 4.69) is 16.0 Å². The van der Waals surface area contributed by atoms with Gasteiger partial charge in [-0.15, -0.1) is 11.3 Å². The van der Waals surface area contributed by atoms with Gasteiger partial charge in [0.05, 0.1) is 4.88 Å². The largest absolute Gasteiger partial charge is 0.334 e. The Kier molecular flexibility index (Phi) is 4.63. The predicted octanol–water partition coefficient (Wildman–Crippen LogP) is 2.76. The molecule has 1 atom stereocenters. The molecule has 6 nitrogen and oxygen atoms in total. The van der Waals surface area contributed by atoms with Crippen molar-refractivity contribution in [3.63, 3.8) is 0 Å². The molecule has 0 radical (unpaired) electrons. The van der Waals surface area contributed by atoms with E-state index in [9.17, 15) is 14.4 Å². The number of hydrogen-bond acceptors (Lipinski definition) is 5. The van der Waals surface area contributed by atoms with Gasteiger partial charge in [0.15, 0.2) is 0 Å². The van der Waals surface area contributed by atoms with Gasteiger partial charge in [0.25, 0.3) is 11.1 Å². The van der Waals surface area contributed by atoms with Crippen molar-refractivity contribution in [3.8, 4) is 0 Å². The molecule has 3 N–H and O–H groups in total. The van der Waals surface area contributed by atoms with Crippen LogP contribution in [0.4, 0.5) is 16.2 Å². The second kappa shape index (κ2) is 6.84. The number of amides is 3. The number of carbonyl (C=O) groups excluding carboxylic acids is 3. The van der Waals surface area contributed by atoms with Gasteiger partial charge in [0.2, 0.25) is 5.91 Å². The molecule has 3 amide bonds. The Bertz CT molecular complexity index is 729. The highest BCUT2D eigenvalue weighted by Gasteiger charge is 2.27. The molecule has 0 spiro atoms. The Morgan fingerprint density at radius 2 is 1.78 bits per heavy atom. The third-order valence-corrected chi connectivity index (χ3v) is 4.89. The highest BCUT2D eigenvalue weighted by molar-refractivity contribution is 8.14. The fourth-order valence-corrected chi connectivity index (χ4v) is 3.39. The molecule has 118 valence electrons. The fourth-order valence-electron chi connectivity index (χ4n) is 1.99. The van der Waals surface area contributed by atoms with E-state index in [0.29, 0.717) is 22.0 Å². The summed E-state index contributed by atoms with van der Waals surface area (Å²) in [6, 6.07) is 9.88. The van der Waals surface area contributed by atoms with E-state index in [1.54, 1.807) is 30.3 Å². The molecular weight excluding hydrogens is 334 g/mol. The van der Waals surface area contributed by atoms with Gasteiger partial charge < -0.3 is 16.0 Å². The lowest BCUT2D eigenvalue weighted by Crippen LogP contribution is -2.38. The van der Waals surface area contributed by atoms with Crippen LogP contribution in [-0.2, 0) is 4.79 Å². The quantitative estimate of drug-likeness (QED) is 0.794. The van der Waals surface area contributed by atoms with Crippen LogP contribution >= 0.6 is 23.1 Å². The fraction of sp³-hybridized carbons (Fsp3) is 0.133. The minimum Gasteiger partial charge on any atom is -0.334 e. The minimum atomic E-state index is -0.509. The monoisotopic (exact) mass is 347 g/mol. The maximum atomic E-state index is 12.0. The van der Waals surface area contributed by atoms with Gasteiger partial charge in [-0.25, -0.2) is 0 Å². The summed E-state index contributed by atoms with van der Waals surface area (Å²) >= 11 is 2.47. The van der Waals surface area contributed by atoms with Crippen molar-refractivity contribution in [1.29, 1.82) is 0 Å². The van der Waals surface area contributed by atoms with E-state index in [4.69, 9.17) is 0 Å². The molecule has 0 aliphatic carbocycles. The molecule has 23 heavy (non-hydrogen) atoms. The molecule has 0 saturated carbocycles. The Morgan fingerprint density at radius 1 is 1.09 bits per heavy atom. The van der Waals surface area contributed by atoms with Gasteiger partial charge in [0, 0.05) is 17.1 Å². The second-order valence-electron chi connectivity index (χ2n) is 4.79. The van der Waals surface area contributed by atoms with Crippen LogP contribution in [-0.4, -0.2) is 28.8 Å². The van der Waals surface area contributed by atoms with Crippen molar-refractivity contribution < 1.29 is 14.4 Å². The standard InChI is InChI=1S/C15H13N3O3S2/c19-13(11-8-23-15(21)18-11)16-9-3-5-10(6-4-9)17-14(20)12-2-1-7-22-12/h1-7,11H,8H2,(H,16,19)(H,17,20)(H,18,21). The summed E-state index contributed by atoms with van der Waals surface area (Å²) in [5.74, 6) is 0.0146. The van der Waals surface area contributed by atoms with Gasteiger partial charge in [-0.1, -0.05) is 17.8 Å². The number of anilines is 2.